The van der Waals surface area contributed by atoms with Gasteiger partial charge in [0.25, 0.3) is 0 Å². The molecule has 0 spiro atoms. The molecule has 0 aliphatic heterocycles. The van der Waals surface area contributed by atoms with Gasteiger partial charge in [-0.15, -0.1) is 5.75 Å². The van der Waals surface area contributed by atoms with Gasteiger partial charge in [-0.05, 0) is 39.0 Å². The van der Waals surface area contributed by atoms with Crippen molar-refractivity contribution in [3.63, 3.8) is 0 Å². The third-order valence-electron chi connectivity index (χ3n) is 5.69. The van der Waals surface area contributed by atoms with Crippen molar-refractivity contribution in [2.75, 3.05) is 31.5 Å². The highest BCUT2D eigenvalue weighted by Gasteiger charge is 2.21. The first kappa shape index (κ1) is 18.5. The molecule has 4 aromatic rings. The number of benzene rings is 2. The highest BCUT2D eigenvalue weighted by atomic mass is 16.5. The van der Waals surface area contributed by atoms with Gasteiger partial charge in [0.05, 0.1) is 28.5 Å². The Morgan fingerprint density at radius 1 is 1.21 bits per heavy atom. The van der Waals surface area contributed by atoms with Gasteiger partial charge in [0, 0.05) is 11.1 Å². The summed E-state index contributed by atoms with van der Waals surface area (Å²) < 4.78 is 1.91. The minimum absolute atomic E-state index is 0.0298. The zero-order chi connectivity index (χ0) is 20.1. The van der Waals surface area contributed by atoms with E-state index in [1.165, 1.54) is 12.1 Å². The molecule has 2 heterocycles. The van der Waals surface area contributed by atoms with Gasteiger partial charge in [-0.1, -0.05) is 12.1 Å². The number of pyridine rings is 1. The summed E-state index contributed by atoms with van der Waals surface area (Å²) in [6, 6.07) is 8.30. The fourth-order valence-corrected chi connectivity index (χ4v) is 3.92. The maximum atomic E-state index is 13.3. The lowest BCUT2D eigenvalue weighted by Gasteiger charge is -2.27. The summed E-state index contributed by atoms with van der Waals surface area (Å²) in [6.07, 6.45) is 0. The highest BCUT2D eigenvalue weighted by molar-refractivity contribution is 6.07. The Morgan fingerprint density at radius 2 is 1.96 bits per heavy atom. The molecule has 7 nitrogen and oxygen atoms in total. The number of aryl methyl sites for hydroxylation is 1. The third-order valence-corrected chi connectivity index (χ3v) is 5.69. The van der Waals surface area contributed by atoms with Crippen LogP contribution < -0.4 is 15.9 Å². The van der Waals surface area contributed by atoms with Crippen LogP contribution in [-0.2, 0) is 0 Å². The van der Waals surface area contributed by atoms with E-state index in [0.29, 0.717) is 48.2 Å². The molecule has 0 unspecified atom stereocenters. The van der Waals surface area contributed by atoms with Crippen LogP contribution in [0.4, 0.5) is 5.69 Å². The Hall–Kier alpha value is -2.90. The molecular formula is C21H24N4O3. The molecule has 0 atom stereocenters. The zero-order valence-electron chi connectivity index (χ0n) is 16.3. The van der Waals surface area contributed by atoms with Gasteiger partial charge in [-0.3, -0.25) is 9.20 Å². The van der Waals surface area contributed by atoms with Crippen LogP contribution in [0.1, 0.15) is 19.7 Å². The predicted octanol–water partition coefficient (Wildman–Crippen LogP) is 2.48. The van der Waals surface area contributed by atoms with Crippen LogP contribution in [0, 0.1) is 6.92 Å². The van der Waals surface area contributed by atoms with Gasteiger partial charge < -0.3 is 10.4 Å². The average Bonchev–Trinajstić information content (AvgIpc) is 3.02. The first-order valence-corrected chi connectivity index (χ1v) is 9.59. The third kappa shape index (κ3) is 2.75. The van der Waals surface area contributed by atoms with E-state index in [1.54, 1.807) is 6.07 Å². The van der Waals surface area contributed by atoms with Gasteiger partial charge in [-0.25, -0.2) is 10.2 Å². The van der Waals surface area contributed by atoms with Crippen molar-refractivity contribution in [3.05, 3.63) is 46.4 Å². The van der Waals surface area contributed by atoms with E-state index < -0.39 is 0 Å². The number of hydrogen-bond donors (Lipinski definition) is 2. The Morgan fingerprint density at radius 3 is 2.68 bits per heavy atom. The number of aromatic nitrogens is 2. The highest BCUT2D eigenvalue weighted by Crippen LogP contribution is 2.30. The zero-order valence-corrected chi connectivity index (χ0v) is 16.3. The molecule has 2 aromatic carbocycles. The maximum Gasteiger partial charge on any atom is 0.199 e. The molecule has 2 N–H and O–H groups in total. The van der Waals surface area contributed by atoms with Gasteiger partial charge in [0.2, 0.25) is 0 Å². The second kappa shape index (κ2) is 6.61. The standard InChI is InChI=1S/C21H24N4O3/c1-4-25(28,5-2)11-10-22-16-7-8-17-20-19(16)21(27)15-12-14(26)6-9-18(15)24(20)13(3)23-17/h6-9,12,28H,4-5,10-11H2,1-3H3,(H-,22,26,27). The Balaban J connectivity index is 1.90. The molecule has 0 saturated heterocycles. The molecule has 0 saturated carbocycles. The van der Waals surface area contributed by atoms with Gasteiger partial charge in [0.1, 0.15) is 25.5 Å². The lowest BCUT2D eigenvalue weighted by molar-refractivity contribution is -1.10. The number of quaternary nitrogens is 1. The molecule has 0 bridgehead atoms. The number of nitrogens with zero attached hydrogens (tertiary/aromatic N) is 3. The Kier molecular flexibility index (Phi) is 4.36. The molecule has 0 radical (unpaired) electrons. The van der Waals surface area contributed by atoms with Crippen LogP contribution in [-0.4, -0.2) is 45.4 Å². The van der Waals surface area contributed by atoms with E-state index in [4.69, 9.17) is 0 Å². The fraction of sp³-hybridized carbons (Fsp3) is 0.333. The Labute approximate surface area is 162 Å². The normalized spacial score (nSPS) is 12.4. The molecule has 7 heteroatoms. The van der Waals surface area contributed by atoms with Crippen molar-refractivity contribution < 1.29 is 15.0 Å². The molecule has 4 rings (SSSR count). The van der Waals surface area contributed by atoms with Gasteiger partial charge in [0.15, 0.2) is 5.43 Å². The van der Waals surface area contributed by atoms with E-state index in [2.05, 4.69) is 10.3 Å². The van der Waals surface area contributed by atoms with Crippen LogP contribution in [0.5, 0.6) is 5.75 Å². The van der Waals surface area contributed by atoms with Crippen LogP contribution in [0.25, 0.3) is 27.3 Å². The number of hydroxylamine groups is 3. The summed E-state index contributed by atoms with van der Waals surface area (Å²) in [5.74, 6) is 0.576. The van der Waals surface area contributed by atoms with Crippen molar-refractivity contribution in [3.8, 4) is 5.75 Å². The van der Waals surface area contributed by atoms with E-state index in [1.807, 2.05) is 37.3 Å². The lowest BCUT2D eigenvalue weighted by Crippen LogP contribution is -2.47. The largest absolute Gasteiger partial charge is 0.872 e. The molecule has 0 amide bonds. The van der Waals surface area contributed by atoms with Crippen LogP contribution >= 0.6 is 0 Å². The van der Waals surface area contributed by atoms with Crippen LogP contribution in [0.2, 0.25) is 0 Å². The molecule has 0 aliphatic carbocycles. The van der Waals surface area contributed by atoms with Crippen molar-refractivity contribution in [2.45, 2.75) is 20.8 Å². The van der Waals surface area contributed by atoms with Gasteiger partial charge >= 0.3 is 0 Å². The quantitative estimate of drug-likeness (QED) is 0.305. The summed E-state index contributed by atoms with van der Waals surface area (Å²) in [6.45, 7) is 8.07. The molecule has 0 aliphatic rings. The minimum Gasteiger partial charge on any atom is -0.872 e. The van der Waals surface area contributed by atoms with E-state index in [9.17, 15) is 15.1 Å². The second-order valence-corrected chi connectivity index (χ2v) is 7.24. The fourth-order valence-electron chi connectivity index (χ4n) is 3.92. The van der Waals surface area contributed by atoms with Crippen LogP contribution in [0.3, 0.4) is 0 Å². The summed E-state index contributed by atoms with van der Waals surface area (Å²) in [5.41, 5.74) is 2.72. The van der Waals surface area contributed by atoms with Crippen LogP contribution in [0.15, 0.2) is 35.1 Å². The summed E-state index contributed by atoms with van der Waals surface area (Å²) >= 11 is 0. The topological polar surface area (TPSA) is 89.7 Å². The first-order valence-electron chi connectivity index (χ1n) is 9.59. The second-order valence-electron chi connectivity index (χ2n) is 7.24. The maximum absolute atomic E-state index is 13.3. The average molecular weight is 380 g/mol. The Bertz CT molecular complexity index is 1230. The number of nitrogens with one attached hydrogen (secondary N) is 1. The van der Waals surface area contributed by atoms with Crippen molar-refractivity contribution in [1.82, 2.24) is 9.38 Å². The number of likely N-dealkylation sites (N-methyl/N-ethyl adjacent to an activating group) is 1. The van der Waals surface area contributed by atoms with E-state index >= 15 is 0 Å². The smallest absolute Gasteiger partial charge is 0.199 e. The number of hydrogen-bond acceptors (Lipinski definition) is 5. The number of imidazole rings is 1. The summed E-state index contributed by atoms with van der Waals surface area (Å²) in [5, 5.41) is 26.6. The number of fused-ring (bicyclic) bond motifs is 2. The minimum atomic E-state index is -0.191. The van der Waals surface area contributed by atoms with Crippen molar-refractivity contribution in [1.29, 1.82) is 0 Å². The van der Waals surface area contributed by atoms with E-state index in [0.717, 1.165) is 16.9 Å². The first-order chi connectivity index (χ1) is 13.4. The van der Waals surface area contributed by atoms with Crippen molar-refractivity contribution in [2.24, 2.45) is 0 Å². The number of rotatable bonds is 6. The van der Waals surface area contributed by atoms with Gasteiger partial charge in [-0.2, -0.15) is 4.65 Å². The summed E-state index contributed by atoms with van der Waals surface area (Å²) in [7, 11) is 0. The number of anilines is 1. The van der Waals surface area contributed by atoms with E-state index in [-0.39, 0.29) is 15.8 Å². The molecule has 28 heavy (non-hydrogen) atoms. The molecule has 0 fully saturated rings. The molecule has 146 valence electrons. The SMILES string of the molecule is CC[N+](O)(CC)CCNc1ccc2nc(C)n3c4ccc([O-])cc4c(=O)c1c23. The lowest BCUT2D eigenvalue weighted by atomic mass is 10.1. The molecule has 2 aromatic heterocycles. The molecular weight excluding hydrogens is 356 g/mol. The monoisotopic (exact) mass is 380 g/mol. The van der Waals surface area contributed by atoms with Crippen molar-refractivity contribution >= 4 is 33.0 Å². The predicted molar refractivity (Wildman–Crippen MR) is 108 cm³/mol. The summed E-state index contributed by atoms with van der Waals surface area (Å²) in [4.78, 5) is 17.9.